The predicted molar refractivity (Wildman–Crippen MR) is 116 cm³/mol. The molecule has 2 aliphatic rings. The number of nitrogens with zero attached hydrogens (tertiary/aromatic N) is 2. The molecule has 2 aromatic carbocycles. The van der Waals surface area contributed by atoms with E-state index in [1.165, 1.54) is 16.1 Å². The molecule has 0 N–H and O–H groups in total. The Bertz CT molecular complexity index is 996. The average Bonchev–Trinajstić information content (AvgIpc) is 3.04. The second-order valence-corrected chi connectivity index (χ2v) is 10.2. The largest absolute Gasteiger partial charge is 0.339 e. The van der Waals surface area contributed by atoms with Gasteiger partial charge in [-0.15, -0.1) is 0 Å². The number of piperidine rings is 1. The molecule has 0 aliphatic carbocycles. The van der Waals surface area contributed by atoms with Crippen LogP contribution in [0.5, 0.6) is 0 Å². The van der Waals surface area contributed by atoms with E-state index in [-0.39, 0.29) is 11.9 Å². The van der Waals surface area contributed by atoms with Crippen LogP contribution < -0.4 is 4.31 Å². The molecule has 0 saturated carbocycles. The summed E-state index contributed by atoms with van der Waals surface area (Å²) in [6.07, 6.45) is 4.98. The average molecular weight is 413 g/mol. The Morgan fingerprint density at radius 3 is 2.41 bits per heavy atom. The van der Waals surface area contributed by atoms with Crippen LogP contribution in [-0.2, 0) is 22.9 Å². The monoisotopic (exact) mass is 412 g/mol. The van der Waals surface area contributed by atoms with E-state index >= 15 is 0 Å². The Balaban J connectivity index is 1.42. The number of fused-ring (bicyclic) bond motifs is 1. The lowest BCUT2D eigenvalue weighted by Crippen LogP contribution is -2.39. The number of carbonyl (C=O) groups excluding carboxylic acids is 1. The van der Waals surface area contributed by atoms with Gasteiger partial charge in [-0.25, -0.2) is 8.42 Å². The van der Waals surface area contributed by atoms with Crippen molar-refractivity contribution >= 4 is 21.6 Å². The first-order chi connectivity index (χ1) is 13.8. The van der Waals surface area contributed by atoms with Gasteiger partial charge in [-0.2, -0.15) is 0 Å². The molecule has 2 heterocycles. The number of rotatable bonds is 4. The molecule has 0 unspecified atom stereocenters. The smallest absolute Gasteiger partial charge is 0.253 e. The molecule has 0 aromatic heterocycles. The molecule has 1 fully saturated rings. The van der Waals surface area contributed by atoms with Gasteiger partial charge >= 0.3 is 0 Å². The van der Waals surface area contributed by atoms with Crippen molar-refractivity contribution < 1.29 is 13.2 Å². The summed E-state index contributed by atoms with van der Waals surface area (Å²) in [5.74, 6) is 0.669. The van der Waals surface area contributed by atoms with Crippen molar-refractivity contribution in [3.63, 3.8) is 0 Å². The Labute approximate surface area is 173 Å². The molecule has 2 aliphatic heterocycles. The van der Waals surface area contributed by atoms with Gasteiger partial charge in [0, 0.05) is 24.7 Å². The molecule has 0 bridgehead atoms. The van der Waals surface area contributed by atoms with Crippen molar-refractivity contribution in [3.05, 3.63) is 65.2 Å². The van der Waals surface area contributed by atoms with E-state index in [4.69, 9.17) is 0 Å². The summed E-state index contributed by atoms with van der Waals surface area (Å²) in [5.41, 5.74) is 3.67. The first-order valence-corrected chi connectivity index (χ1v) is 12.1. The van der Waals surface area contributed by atoms with Crippen LogP contribution in [0.1, 0.15) is 41.3 Å². The summed E-state index contributed by atoms with van der Waals surface area (Å²) in [6.45, 7) is 3.46. The zero-order chi connectivity index (χ0) is 20.6. The van der Waals surface area contributed by atoms with Crippen molar-refractivity contribution in [2.75, 3.05) is 23.7 Å². The number of amides is 1. The standard InChI is InChI=1S/C23H28N2O3S/c1-17-14-21-16-20(8-9-22(21)25(17)29(2,27)28)23(26)24-12-10-19(11-13-24)15-18-6-4-3-5-7-18/h3-9,16-17,19H,10-15H2,1-2H3/t17-/m1/s1. The van der Waals surface area contributed by atoms with Crippen LogP contribution in [-0.4, -0.2) is 44.6 Å². The third kappa shape index (κ3) is 4.17. The molecular formula is C23H28N2O3S. The van der Waals surface area contributed by atoms with Crippen molar-refractivity contribution in [2.24, 2.45) is 5.92 Å². The highest BCUT2D eigenvalue weighted by Gasteiger charge is 2.33. The molecule has 1 amide bonds. The van der Waals surface area contributed by atoms with Crippen molar-refractivity contribution in [1.29, 1.82) is 0 Å². The van der Waals surface area contributed by atoms with E-state index in [1.54, 1.807) is 12.1 Å². The van der Waals surface area contributed by atoms with Crippen LogP contribution >= 0.6 is 0 Å². The van der Waals surface area contributed by atoms with Crippen molar-refractivity contribution in [3.8, 4) is 0 Å². The van der Waals surface area contributed by atoms with E-state index in [0.717, 1.165) is 37.9 Å². The first kappa shape index (κ1) is 20.0. The fourth-order valence-electron chi connectivity index (χ4n) is 4.71. The van der Waals surface area contributed by atoms with E-state index in [2.05, 4.69) is 24.3 Å². The highest BCUT2D eigenvalue weighted by atomic mass is 32.2. The van der Waals surface area contributed by atoms with E-state index in [1.807, 2.05) is 24.0 Å². The van der Waals surface area contributed by atoms with Crippen molar-refractivity contribution in [2.45, 2.75) is 38.6 Å². The minimum absolute atomic E-state index is 0.0522. The maximum Gasteiger partial charge on any atom is 0.253 e. The number of likely N-dealkylation sites (tertiary alicyclic amines) is 1. The SMILES string of the molecule is C[C@@H]1Cc2cc(C(=O)N3CCC(Cc4ccccc4)CC3)ccc2N1S(C)(=O)=O. The third-order valence-electron chi connectivity index (χ3n) is 6.11. The Kier molecular flexibility index (Phi) is 5.38. The lowest BCUT2D eigenvalue weighted by Gasteiger charge is -2.32. The zero-order valence-corrected chi connectivity index (χ0v) is 17.9. The Hall–Kier alpha value is -2.34. The molecule has 154 valence electrons. The topological polar surface area (TPSA) is 57.7 Å². The molecule has 0 radical (unpaired) electrons. The lowest BCUT2D eigenvalue weighted by molar-refractivity contribution is 0.0690. The van der Waals surface area contributed by atoms with E-state index < -0.39 is 10.0 Å². The first-order valence-electron chi connectivity index (χ1n) is 10.3. The predicted octanol–water partition coefficient (Wildman–Crippen LogP) is 3.49. The summed E-state index contributed by atoms with van der Waals surface area (Å²) in [6, 6.07) is 15.9. The van der Waals surface area contributed by atoms with Gasteiger partial charge in [0.1, 0.15) is 0 Å². The van der Waals surface area contributed by atoms with Gasteiger partial charge in [-0.1, -0.05) is 30.3 Å². The number of benzene rings is 2. The second kappa shape index (κ2) is 7.82. The molecule has 1 atom stereocenters. The van der Waals surface area contributed by atoms with Gasteiger partial charge in [-0.3, -0.25) is 9.10 Å². The number of sulfonamides is 1. The van der Waals surface area contributed by atoms with Crippen molar-refractivity contribution in [1.82, 2.24) is 4.90 Å². The maximum atomic E-state index is 13.0. The highest BCUT2D eigenvalue weighted by molar-refractivity contribution is 7.92. The molecule has 1 saturated heterocycles. The van der Waals surface area contributed by atoms with Gasteiger partial charge in [0.2, 0.25) is 10.0 Å². The molecule has 5 nitrogen and oxygen atoms in total. The number of hydrogen-bond donors (Lipinski definition) is 0. The maximum absolute atomic E-state index is 13.0. The van der Waals surface area contributed by atoms with Crippen LogP contribution in [0.2, 0.25) is 0 Å². The zero-order valence-electron chi connectivity index (χ0n) is 17.0. The molecule has 0 spiro atoms. The minimum Gasteiger partial charge on any atom is -0.339 e. The van der Waals surface area contributed by atoms with Crippen LogP contribution in [0.4, 0.5) is 5.69 Å². The fourth-order valence-corrected chi connectivity index (χ4v) is 5.98. The van der Waals surface area contributed by atoms with E-state index in [9.17, 15) is 13.2 Å². The Morgan fingerprint density at radius 1 is 1.07 bits per heavy atom. The fraction of sp³-hybridized carbons (Fsp3) is 0.435. The molecule has 29 heavy (non-hydrogen) atoms. The van der Waals surface area contributed by atoms with Crippen LogP contribution in [0.25, 0.3) is 0 Å². The third-order valence-corrected chi connectivity index (χ3v) is 7.38. The second-order valence-electron chi connectivity index (χ2n) is 8.38. The number of hydrogen-bond acceptors (Lipinski definition) is 3. The minimum atomic E-state index is -3.31. The van der Waals surface area contributed by atoms with Gasteiger partial charge in [0.05, 0.1) is 11.9 Å². The summed E-state index contributed by atoms with van der Waals surface area (Å²) in [7, 11) is -3.31. The summed E-state index contributed by atoms with van der Waals surface area (Å²) < 4.78 is 25.6. The number of anilines is 1. The van der Waals surface area contributed by atoms with Crippen LogP contribution in [0.3, 0.4) is 0 Å². The summed E-state index contributed by atoms with van der Waals surface area (Å²) in [5, 5.41) is 0. The van der Waals surface area contributed by atoms with Gasteiger partial charge < -0.3 is 4.90 Å². The molecule has 2 aromatic rings. The molecule has 4 rings (SSSR count). The van der Waals surface area contributed by atoms with Gasteiger partial charge in [0.25, 0.3) is 5.91 Å². The molecule has 6 heteroatoms. The normalized spacial score (nSPS) is 20.0. The highest BCUT2D eigenvalue weighted by Crippen LogP contribution is 2.35. The number of carbonyl (C=O) groups is 1. The summed E-state index contributed by atoms with van der Waals surface area (Å²) >= 11 is 0. The van der Waals surface area contributed by atoms with Gasteiger partial charge in [-0.05, 0) is 67.9 Å². The lowest BCUT2D eigenvalue weighted by atomic mass is 9.90. The molecular weight excluding hydrogens is 384 g/mol. The van der Waals surface area contributed by atoms with Gasteiger partial charge in [0.15, 0.2) is 0 Å². The van der Waals surface area contributed by atoms with E-state index in [0.29, 0.717) is 23.6 Å². The quantitative estimate of drug-likeness (QED) is 0.772. The Morgan fingerprint density at radius 2 is 1.76 bits per heavy atom. The summed E-state index contributed by atoms with van der Waals surface area (Å²) in [4.78, 5) is 15.0. The van der Waals surface area contributed by atoms with Crippen LogP contribution in [0.15, 0.2) is 48.5 Å². The van der Waals surface area contributed by atoms with Crippen LogP contribution in [0, 0.1) is 5.92 Å².